The summed E-state index contributed by atoms with van der Waals surface area (Å²) in [5, 5.41) is 0. The van der Waals surface area contributed by atoms with Crippen molar-refractivity contribution in [3.63, 3.8) is 0 Å². The van der Waals surface area contributed by atoms with Crippen molar-refractivity contribution < 1.29 is 65.5 Å². The van der Waals surface area contributed by atoms with Gasteiger partial charge >= 0.3 is 35.8 Å². The predicted octanol–water partition coefficient (Wildman–Crippen LogP) is 4.11. The summed E-state index contributed by atoms with van der Waals surface area (Å²) >= 11 is 0. The van der Waals surface area contributed by atoms with Crippen molar-refractivity contribution in [1.82, 2.24) is 9.62 Å². The van der Waals surface area contributed by atoms with E-state index in [2.05, 4.69) is 0 Å². The third-order valence-electron chi connectivity index (χ3n) is 3.51. The first-order valence-corrected chi connectivity index (χ1v) is 9.29. The van der Waals surface area contributed by atoms with Gasteiger partial charge in [0, 0.05) is 27.1 Å². The summed E-state index contributed by atoms with van der Waals surface area (Å²) in [4.78, 5) is 1.38. The molecule has 0 saturated carbocycles. The molecule has 186 valence electrons. The molecule has 0 aliphatic carbocycles. The van der Waals surface area contributed by atoms with E-state index in [1.807, 2.05) is 0 Å². The van der Waals surface area contributed by atoms with Gasteiger partial charge in [0.2, 0.25) is 10.0 Å². The number of hydrogen-bond donors (Lipinski definition) is 1. The highest BCUT2D eigenvalue weighted by molar-refractivity contribution is 7.89. The van der Waals surface area contributed by atoms with E-state index >= 15 is 0 Å². The molecular formula is C13H15F13N2O2S. The van der Waals surface area contributed by atoms with Crippen molar-refractivity contribution in [2.24, 2.45) is 0 Å². The lowest BCUT2D eigenvalue weighted by Gasteiger charge is -2.39. The summed E-state index contributed by atoms with van der Waals surface area (Å²) < 4.78 is 192. The van der Waals surface area contributed by atoms with Gasteiger partial charge in [-0.2, -0.15) is 57.1 Å². The molecule has 0 aliphatic rings. The molecule has 0 aromatic carbocycles. The Morgan fingerprint density at radius 3 is 1.55 bits per heavy atom. The first-order valence-electron chi connectivity index (χ1n) is 7.63. The lowest BCUT2D eigenvalue weighted by atomic mass is 9.93. The van der Waals surface area contributed by atoms with Gasteiger partial charge in [-0.1, -0.05) is 6.08 Å². The van der Waals surface area contributed by atoms with Gasteiger partial charge in [-0.15, -0.1) is 0 Å². The number of sulfonamides is 1. The molecule has 0 heterocycles. The fraction of sp³-hybridized carbons (Fsp3) is 0.846. The lowest BCUT2D eigenvalue weighted by molar-refractivity contribution is -0.439. The molecule has 0 atom stereocenters. The van der Waals surface area contributed by atoms with Gasteiger partial charge in [0.25, 0.3) is 0 Å². The Hall–Kier alpha value is -1.46. The minimum absolute atomic E-state index is 0.603. The molecule has 0 unspecified atom stereocenters. The van der Waals surface area contributed by atoms with Crippen LogP contribution in [0.15, 0.2) is 12.3 Å². The largest absolute Gasteiger partial charge is 0.460 e. The Balaban J connectivity index is 5.73. The van der Waals surface area contributed by atoms with Crippen molar-refractivity contribution in [1.29, 1.82) is 0 Å². The molecule has 0 bridgehead atoms. The Bertz CT molecular complexity index is 745. The monoisotopic (exact) mass is 510 g/mol. The van der Waals surface area contributed by atoms with E-state index < -0.39 is 64.5 Å². The van der Waals surface area contributed by atoms with Crippen LogP contribution < -0.4 is 4.72 Å². The average Bonchev–Trinajstić information content (AvgIpc) is 2.55. The molecule has 0 aromatic heterocycles. The minimum Gasteiger partial charge on any atom is -0.384 e. The van der Waals surface area contributed by atoms with Gasteiger partial charge in [-0.3, -0.25) is 0 Å². The van der Waals surface area contributed by atoms with Crippen molar-refractivity contribution in [3.05, 3.63) is 12.3 Å². The summed E-state index contributed by atoms with van der Waals surface area (Å²) in [5.74, 6) is -39.8. The molecule has 0 fully saturated rings. The van der Waals surface area contributed by atoms with E-state index in [0.717, 1.165) is 6.08 Å². The summed E-state index contributed by atoms with van der Waals surface area (Å²) in [6, 6.07) is 0. The van der Waals surface area contributed by atoms with Crippen molar-refractivity contribution in [3.8, 4) is 0 Å². The maximum atomic E-state index is 13.5. The topological polar surface area (TPSA) is 49.4 Å². The van der Waals surface area contributed by atoms with Crippen LogP contribution >= 0.6 is 0 Å². The fourth-order valence-corrected chi connectivity index (χ4v) is 2.75. The Kier molecular flexibility index (Phi) is 8.40. The predicted molar refractivity (Wildman–Crippen MR) is 80.0 cm³/mol. The highest BCUT2D eigenvalue weighted by atomic mass is 32.2. The molecule has 18 heteroatoms. The smallest absolute Gasteiger partial charge is 0.384 e. The molecule has 0 amide bonds. The van der Waals surface area contributed by atoms with Gasteiger partial charge in [0.15, 0.2) is 0 Å². The van der Waals surface area contributed by atoms with Crippen LogP contribution in [-0.2, 0) is 10.0 Å². The Labute approximate surface area is 167 Å². The first-order chi connectivity index (χ1) is 13.4. The van der Waals surface area contributed by atoms with Crippen LogP contribution in [0.25, 0.3) is 0 Å². The van der Waals surface area contributed by atoms with E-state index in [4.69, 9.17) is 0 Å². The molecule has 0 radical (unpaired) electrons. The van der Waals surface area contributed by atoms with E-state index in [1.165, 1.54) is 29.9 Å². The molecule has 1 N–H and O–H groups in total. The summed E-state index contributed by atoms with van der Waals surface area (Å²) in [6.07, 6.45) is -7.98. The second kappa shape index (κ2) is 8.82. The maximum Gasteiger partial charge on any atom is 0.460 e. The molecule has 0 rings (SSSR count). The van der Waals surface area contributed by atoms with E-state index in [1.54, 1.807) is 0 Å². The minimum atomic E-state index is -8.01. The van der Waals surface area contributed by atoms with Gasteiger partial charge < -0.3 is 4.90 Å². The number of halogens is 13. The van der Waals surface area contributed by atoms with Crippen LogP contribution in [0.1, 0.15) is 6.42 Å². The van der Waals surface area contributed by atoms with Crippen molar-refractivity contribution in [2.45, 2.75) is 42.2 Å². The number of nitrogens with one attached hydrogen (secondary N) is 1. The second-order valence-electron chi connectivity index (χ2n) is 6.27. The molecule has 0 aliphatic heterocycles. The number of nitrogens with zero attached hydrogens (tertiary/aromatic N) is 1. The van der Waals surface area contributed by atoms with Crippen LogP contribution in [-0.4, -0.2) is 75.5 Å². The lowest BCUT2D eigenvalue weighted by Crippen LogP contribution is -2.70. The SMILES string of the molecule is CN(C)/C=C/CNS(=O)(=O)CCC(F)(F)C(F)(F)C(F)(F)C(F)(F)C(F)(F)C(F)(F)F. The molecule has 0 aromatic rings. The van der Waals surface area contributed by atoms with E-state index in [0.29, 0.717) is 0 Å². The number of hydrogen-bond acceptors (Lipinski definition) is 3. The molecular weight excluding hydrogens is 495 g/mol. The molecule has 0 spiro atoms. The van der Waals surface area contributed by atoms with Crippen molar-refractivity contribution >= 4 is 10.0 Å². The molecule has 31 heavy (non-hydrogen) atoms. The van der Waals surface area contributed by atoms with Crippen LogP contribution in [0.2, 0.25) is 0 Å². The van der Waals surface area contributed by atoms with E-state index in [9.17, 15) is 65.5 Å². The van der Waals surface area contributed by atoms with Crippen LogP contribution in [0.4, 0.5) is 57.1 Å². The maximum absolute atomic E-state index is 13.5. The van der Waals surface area contributed by atoms with Crippen molar-refractivity contribution in [2.75, 3.05) is 26.4 Å². The first kappa shape index (κ1) is 29.5. The highest BCUT2D eigenvalue weighted by Crippen LogP contribution is 2.60. The number of rotatable bonds is 11. The summed E-state index contributed by atoms with van der Waals surface area (Å²) in [6.45, 7) is -0.603. The summed E-state index contributed by atoms with van der Waals surface area (Å²) in [7, 11) is -1.94. The van der Waals surface area contributed by atoms with Gasteiger partial charge in [-0.25, -0.2) is 13.1 Å². The van der Waals surface area contributed by atoms with Crippen LogP contribution in [0.3, 0.4) is 0 Å². The Morgan fingerprint density at radius 1 is 0.742 bits per heavy atom. The Morgan fingerprint density at radius 2 is 1.16 bits per heavy atom. The van der Waals surface area contributed by atoms with Gasteiger partial charge in [0.1, 0.15) is 0 Å². The average molecular weight is 510 g/mol. The second-order valence-corrected chi connectivity index (χ2v) is 8.19. The van der Waals surface area contributed by atoms with Gasteiger partial charge in [-0.05, 0) is 6.20 Å². The normalized spacial score (nSPS) is 15.6. The zero-order valence-electron chi connectivity index (χ0n) is 15.4. The van der Waals surface area contributed by atoms with E-state index in [-0.39, 0.29) is 0 Å². The zero-order valence-corrected chi connectivity index (χ0v) is 16.2. The standard InChI is InChI=1S/C13H15F13N2O2S/c1-28(2)6-3-5-27-31(29,30)7-4-8(14,15)9(16,17)10(18,19)11(20,21)12(22,23)13(24,25)26/h3,6,27H,4-5,7H2,1-2H3/b6-3+. The summed E-state index contributed by atoms with van der Waals surface area (Å²) in [5.41, 5.74) is 0. The third-order valence-corrected chi connectivity index (χ3v) is 4.86. The van der Waals surface area contributed by atoms with Crippen LogP contribution in [0.5, 0.6) is 0 Å². The zero-order chi connectivity index (χ0) is 25.3. The molecule has 0 saturated heterocycles. The molecule has 4 nitrogen and oxygen atoms in total. The van der Waals surface area contributed by atoms with Crippen LogP contribution in [0, 0.1) is 0 Å². The quantitative estimate of drug-likeness (QED) is 0.426. The fourth-order valence-electron chi connectivity index (χ4n) is 1.73. The highest BCUT2D eigenvalue weighted by Gasteiger charge is 2.90. The third kappa shape index (κ3) is 5.87. The number of alkyl halides is 13. The van der Waals surface area contributed by atoms with Gasteiger partial charge in [0.05, 0.1) is 5.75 Å².